The third-order valence-corrected chi connectivity index (χ3v) is 3.96. The van der Waals surface area contributed by atoms with Crippen molar-refractivity contribution in [1.29, 1.82) is 0 Å². The number of anilines is 3. The molecular weight excluding hydrogens is 274 g/mol. The lowest BCUT2D eigenvalue weighted by molar-refractivity contribution is 0.598. The van der Waals surface area contributed by atoms with Gasteiger partial charge in [-0.2, -0.15) is 0 Å². The summed E-state index contributed by atoms with van der Waals surface area (Å²) in [4.78, 5) is -0.0749. The van der Waals surface area contributed by atoms with Gasteiger partial charge >= 0.3 is 0 Å². The lowest BCUT2D eigenvalue weighted by Gasteiger charge is -2.12. The van der Waals surface area contributed by atoms with Crippen LogP contribution in [0.25, 0.3) is 0 Å². The van der Waals surface area contributed by atoms with Crippen molar-refractivity contribution in [1.82, 2.24) is 0 Å². The standard InChI is InChI=1S/C14H17N3O2S/c1-2-10-5-3-6-11(9-10)17-12-7-4-8-13(14(12)15)20(16,18)19/h3-9,17H,2,15H2,1H3,(H2,16,18,19). The molecule has 0 unspecified atom stereocenters. The summed E-state index contributed by atoms with van der Waals surface area (Å²) in [5.74, 6) is 0. The van der Waals surface area contributed by atoms with Gasteiger partial charge in [-0.05, 0) is 36.2 Å². The average molecular weight is 291 g/mol. The molecule has 2 aromatic carbocycles. The van der Waals surface area contributed by atoms with E-state index >= 15 is 0 Å². The SMILES string of the molecule is CCc1cccc(Nc2cccc(S(N)(=O)=O)c2N)c1. The Labute approximate surface area is 118 Å². The number of sulfonamides is 1. The summed E-state index contributed by atoms with van der Waals surface area (Å²) in [6.07, 6.45) is 0.919. The third kappa shape index (κ3) is 3.09. The summed E-state index contributed by atoms with van der Waals surface area (Å²) in [7, 11) is -3.83. The van der Waals surface area contributed by atoms with E-state index < -0.39 is 10.0 Å². The zero-order valence-electron chi connectivity index (χ0n) is 11.1. The van der Waals surface area contributed by atoms with Gasteiger partial charge in [0.15, 0.2) is 0 Å². The molecule has 0 fully saturated rings. The summed E-state index contributed by atoms with van der Waals surface area (Å²) >= 11 is 0. The van der Waals surface area contributed by atoms with Crippen molar-refractivity contribution in [3.63, 3.8) is 0 Å². The highest BCUT2D eigenvalue weighted by Crippen LogP contribution is 2.28. The molecule has 0 amide bonds. The van der Waals surface area contributed by atoms with Crippen molar-refractivity contribution < 1.29 is 8.42 Å². The summed E-state index contributed by atoms with van der Waals surface area (Å²) in [6, 6.07) is 12.5. The fraction of sp³-hybridized carbons (Fsp3) is 0.143. The fourth-order valence-corrected chi connectivity index (χ4v) is 2.61. The first-order valence-electron chi connectivity index (χ1n) is 6.19. The Balaban J connectivity index is 2.39. The Kier molecular flexibility index (Phi) is 3.96. The third-order valence-electron chi connectivity index (χ3n) is 2.99. The average Bonchev–Trinajstić information content (AvgIpc) is 2.40. The predicted molar refractivity (Wildman–Crippen MR) is 81.3 cm³/mol. The van der Waals surface area contributed by atoms with Crippen LogP contribution in [-0.2, 0) is 16.4 Å². The van der Waals surface area contributed by atoms with Gasteiger partial charge in [0.25, 0.3) is 0 Å². The van der Waals surface area contributed by atoms with Crippen LogP contribution in [0, 0.1) is 0 Å². The smallest absolute Gasteiger partial charge is 0.240 e. The van der Waals surface area contributed by atoms with Crippen molar-refractivity contribution in [3.8, 4) is 0 Å². The number of nitrogens with one attached hydrogen (secondary N) is 1. The zero-order chi connectivity index (χ0) is 14.8. The van der Waals surface area contributed by atoms with Crippen LogP contribution in [0.5, 0.6) is 0 Å². The molecular formula is C14H17N3O2S. The molecule has 0 aromatic heterocycles. The second-order valence-corrected chi connectivity index (χ2v) is 5.97. The molecule has 0 aliphatic heterocycles. The Bertz CT molecular complexity index is 727. The molecule has 0 aliphatic carbocycles. The molecule has 106 valence electrons. The van der Waals surface area contributed by atoms with Crippen molar-refractivity contribution in [3.05, 3.63) is 48.0 Å². The van der Waals surface area contributed by atoms with Gasteiger partial charge in [-0.25, -0.2) is 13.6 Å². The van der Waals surface area contributed by atoms with Gasteiger partial charge in [0.05, 0.1) is 11.4 Å². The highest BCUT2D eigenvalue weighted by molar-refractivity contribution is 7.89. The van der Waals surface area contributed by atoms with Crippen molar-refractivity contribution in [2.24, 2.45) is 5.14 Å². The normalized spacial score (nSPS) is 11.3. The lowest BCUT2D eigenvalue weighted by Crippen LogP contribution is -2.15. The summed E-state index contributed by atoms with van der Waals surface area (Å²) in [6.45, 7) is 2.06. The first kappa shape index (κ1) is 14.4. The topological polar surface area (TPSA) is 98.2 Å². The highest BCUT2D eigenvalue weighted by atomic mass is 32.2. The maximum absolute atomic E-state index is 11.4. The minimum atomic E-state index is -3.83. The minimum Gasteiger partial charge on any atom is -0.396 e. The molecule has 0 saturated carbocycles. The number of hydrogen-bond donors (Lipinski definition) is 3. The van der Waals surface area contributed by atoms with E-state index in [0.717, 1.165) is 12.1 Å². The van der Waals surface area contributed by atoms with Gasteiger partial charge in [-0.3, -0.25) is 0 Å². The minimum absolute atomic E-state index is 0.0749. The Morgan fingerprint density at radius 3 is 2.50 bits per heavy atom. The lowest BCUT2D eigenvalue weighted by atomic mass is 10.1. The number of aryl methyl sites for hydroxylation is 1. The summed E-state index contributed by atoms with van der Waals surface area (Å²) in [5, 5.41) is 8.24. The first-order valence-corrected chi connectivity index (χ1v) is 7.73. The molecule has 20 heavy (non-hydrogen) atoms. The molecule has 0 aliphatic rings. The summed E-state index contributed by atoms with van der Waals surface area (Å²) in [5.41, 5.74) is 8.53. The number of nitrogens with two attached hydrogens (primary N) is 2. The van der Waals surface area contributed by atoms with Crippen LogP contribution < -0.4 is 16.2 Å². The van der Waals surface area contributed by atoms with E-state index in [0.29, 0.717) is 5.69 Å². The summed E-state index contributed by atoms with van der Waals surface area (Å²) < 4.78 is 22.9. The molecule has 0 heterocycles. The molecule has 6 heteroatoms. The highest BCUT2D eigenvalue weighted by Gasteiger charge is 2.14. The van der Waals surface area contributed by atoms with E-state index in [2.05, 4.69) is 12.2 Å². The Morgan fingerprint density at radius 1 is 1.15 bits per heavy atom. The molecule has 0 bridgehead atoms. The van der Waals surface area contributed by atoms with Gasteiger partial charge in [0.2, 0.25) is 10.0 Å². The van der Waals surface area contributed by atoms with Crippen LogP contribution >= 0.6 is 0 Å². The molecule has 0 saturated heterocycles. The van der Waals surface area contributed by atoms with Crippen LogP contribution in [0.2, 0.25) is 0 Å². The second kappa shape index (κ2) is 5.52. The van der Waals surface area contributed by atoms with Gasteiger partial charge in [-0.1, -0.05) is 25.1 Å². The van der Waals surface area contributed by atoms with Crippen molar-refractivity contribution >= 4 is 27.1 Å². The largest absolute Gasteiger partial charge is 0.396 e. The van der Waals surface area contributed by atoms with E-state index in [1.807, 2.05) is 24.3 Å². The number of hydrogen-bond acceptors (Lipinski definition) is 4. The van der Waals surface area contributed by atoms with E-state index in [1.54, 1.807) is 12.1 Å². The molecule has 0 spiro atoms. The van der Waals surface area contributed by atoms with Crippen LogP contribution in [0.4, 0.5) is 17.1 Å². The molecule has 5 nitrogen and oxygen atoms in total. The zero-order valence-corrected chi connectivity index (χ0v) is 11.9. The van der Waals surface area contributed by atoms with Gasteiger partial charge < -0.3 is 11.1 Å². The van der Waals surface area contributed by atoms with E-state index in [-0.39, 0.29) is 10.6 Å². The first-order chi connectivity index (χ1) is 9.41. The number of primary sulfonamides is 1. The van der Waals surface area contributed by atoms with Crippen molar-refractivity contribution in [2.75, 3.05) is 11.1 Å². The molecule has 5 N–H and O–H groups in total. The Morgan fingerprint density at radius 2 is 1.85 bits per heavy atom. The van der Waals surface area contributed by atoms with E-state index in [4.69, 9.17) is 10.9 Å². The number of nitrogen functional groups attached to an aromatic ring is 1. The molecule has 0 atom stereocenters. The number of benzene rings is 2. The second-order valence-electron chi connectivity index (χ2n) is 4.44. The van der Waals surface area contributed by atoms with Crippen LogP contribution in [0.1, 0.15) is 12.5 Å². The van der Waals surface area contributed by atoms with Crippen LogP contribution in [0.15, 0.2) is 47.4 Å². The molecule has 2 rings (SSSR count). The maximum Gasteiger partial charge on any atom is 0.240 e. The van der Waals surface area contributed by atoms with Gasteiger partial charge in [0.1, 0.15) is 4.90 Å². The predicted octanol–water partition coefficient (Wildman–Crippen LogP) is 2.22. The van der Waals surface area contributed by atoms with Crippen LogP contribution in [0.3, 0.4) is 0 Å². The Hall–Kier alpha value is -2.05. The van der Waals surface area contributed by atoms with Crippen molar-refractivity contribution in [2.45, 2.75) is 18.2 Å². The van der Waals surface area contributed by atoms with E-state index in [1.165, 1.54) is 11.6 Å². The van der Waals surface area contributed by atoms with Gasteiger partial charge in [-0.15, -0.1) is 0 Å². The molecule has 0 radical (unpaired) electrons. The number of para-hydroxylation sites is 1. The maximum atomic E-state index is 11.4. The molecule has 2 aromatic rings. The quantitative estimate of drug-likeness (QED) is 0.752. The van der Waals surface area contributed by atoms with Gasteiger partial charge in [0, 0.05) is 5.69 Å². The monoisotopic (exact) mass is 291 g/mol. The number of rotatable bonds is 4. The van der Waals surface area contributed by atoms with Crippen LogP contribution in [-0.4, -0.2) is 8.42 Å². The fourth-order valence-electron chi connectivity index (χ4n) is 1.93. The van der Waals surface area contributed by atoms with E-state index in [9.17, 15) is 8.42 Å².